The highest BCUT2D eigenvalue weighted by atomic mass is 19.4. The maximum atomic E-state index is 12.0. The third kappa shape index (κ3) is 8.35. The van der Waals surface area contributed by atoms with Gasteiger partial charge in [-0.05, 0) is 35.4 Å². The Kier molecular flexibility index (Phi) is 8.21. The molecule has 0 radical (unpaired) electrons. The van der Waals surface area contributed by atoms with Crippen LogP contribution in [-0.4, -0.2) is 31.1 Å². The molecule has 0 aliphatic rings. The van der Waals surface area contributed by atoms with Crippen molar-refractivity contribution in [3.8, 4) is 5.75 Å². The van der Waals surface area contributed by atoms with E-state index in [0.29, 0.717) is 23.3 Å². The van der Waals surface area contributed by atoms with Gasteiger partial charge in [-0.15, -0.1) is 0 Å². The van der Waals surface area contributed by atoms with Crippen LogP contribution in [0.15, 0.2) is 48.5 Å². The molecule has 5 nitrogen and oxygen atoms in total. The molecule has 0 aliphatic carbocycles. The van der Waals surface area contributed by atoms with Gasteiger partial charge in [0, 0.05) is 18.5 Å². The molecule has 2 rings (SSSR count). The Morgan fingerprint density at radius 2 is 1.59 bits per heavy atom. The summed E-state index contributed by atoms with van der Waals surface area (Å²) in [4.78, 5) is 23.5. The van der Waals surface area contributed by atoms with Gasteiger partial charge in [0.1, 0.15) is 12.4 Å². The van der Waals surface area contributed by atoms with E-state index in [-0.39, 0.29) is 31.4 Å². The molecule has 0 unspecified atom stereocenters. The molecule has 8 heteroatoms. The van der Waals surface area contributed by atoms with E-state index in [2.05, 4.69) is 10.1 Å². The summed E-state index contributed by atoms with van der Waals surface area (Å²) in [6.07, 6.45) is -3.93. The number of ether oxygens (including phenoxy) is 2. The number of carbonyl (C=O) groups is 2. The lowest BCUT2D eigenvalue weighted by atomic mass is 10.1. The molecule has 0 saturated carbocycles. The molecule has 0 bridgehead atoms. The summed E-state index contributed by atoms with van der Waals surface area (Å²) < 4.78 is 46.1. The third-order valence-corrected chi connectivity index (χ3v) is 3.91. The number of hydrogen-bond acceptors (Lipinski definition) is 4. The number of amides is 1. The predicted molar refractivity (Wildman–Crippen MR) is 101 cm³/mol. The number of ketones is 1. The van der Waals surface area contributed by atoms with Crippen molar-refractivity contribution in [2.75, 3.05) is 13.2 Å². The molecule has 0 spiro atoms. The standard InChI is InChI=1S/C21H22F3NO4/c1-2-19(26)17-7-9-18(10-8-17)29-13-20(27)25-11-15-3-5-16(6-4-15)12-28-14-21(22,23)24/h3-10H,2,11-14H2,1H3,(H,25,27). The molecule has 0 fully saturated rings. The van der Waals surface area contributed by atoms with Crippen LogP contribution >= 0.6 is 0 Å². The molecule has 0 saturated heterocycles. The van der Waals surface area contributed by atoms with Crippen molar-refractivity contribution in [3.63, 3.8) is 0 Å². The highest BCUT2D eigenvalue weighted by Gasteiger charge is 2.27. The van der Waals surface area contributed by atoms with Gasteiger partial charge in [-0.3, -0.25) is 9.59 Å². The van der Waals surface area contributed by atoms with E-state index in [1.165, 1.54) is 0 Å². The van der Waals surface area contributed by atoms with Crippen molar-refractivity contribution in [1.29, 1.82) is 0 Å². The molecule has 0 aliphatic heterocycles. The number of alkyl halides is 3. The fourth-order valence-electron chi connectivity index (χ4n) is 2.38. The van der Waals surface area contributed by atoms with Gasteiger partial charge in [-0.2, -0.15) is 13.2 Å². The first-order valence-electron chi connectivity index (χ1n) is 9.02. The lowest BCUT2D eigenvalue weighted by Gasteiger charge is -2.09. The van der Waals surface area contributed by atoms with Crippen LogP contribution in [0.3, 0.4) is 0 Å². The lowest BCUT2D eigenvalue weighted by molar-refractivity contribution is -0.176. The Bertz CT molecular complexity index is 802. The van der Waals surface area contributed by atoms with E-state index in [0.717, 1.165) is 5.56 Å². The number of rotatable bonds is 10. The second-order valence-electron chi connectivity index (χ2n) is 6.29. The largest absolute Gasteiger partial charge is 0.484 e. The molecule has 0 heterocycles. The van der Waals surface area contributed by atoms with Crippen molar-refractivity contribution in [2.24, 2.45) is 0 Å². The van der Waals surface area contributed by atoms with Gasteiger partial charge in [-0.1, -0.05) is 31.2 Å². The van der Waals surface area contributed by atoms with Crippen LogP contribution in [0.1, 0.15) is 34.8 Å². The second-order valence-corrected chi connectivity index (χ2v) is 6.29. The van der Waals surface area contributed by atoms with Crippen LogP contribution in [0.25, 0.3) is 0 Å². The van der Waals surface area contributed by atoms with Crippen LogP contribution in [0, 0.1) is 0 Å². The molecule has 2 aromatic rings. The van der Waals surface area contributed by atoms with E-state index in [4.69, 9.17) is 4.74 Å². The first-order valence-corrected chi connectivity index (χ1v) is 9.02. The zero-order valence-corrected chi connectivity index (χ0v) is 15.9. The van der Waals surface area contributed by atoms with Crippen LogP contribution in [0.4, 0.5) is 13.2 Å². The Labute approximate surface area is 166 Å². The minimum absolute atomic E-state index is 0.0345. The zero-order chi connectivity index (χ0) is 21.3. The molecule has 1 N–H and O–H groups in total. The molecular formula is C21H22F3NO4. The van der Waals surface area contributed by atoms with Crippen molar-refractivity contribution in [1.82, 2.24) is 5.32 Å². The zero-order valence-electron chi connectivity index (χ0n) is 15.9. The molecule has 29 heavy (non-hydrogen) atoms. The van der Waals surface area contributed by atoms with Crippen LogP contribution in [-0.2, 0) is 22.7 Å². The van der Waals surface area contributed by atoms with Gasteiger partial charge in [0.05, 0.1) is 6.61 Å². The first kappa shape index (κ1) is 22.4. The maximum absolute atomic E-state index is 12.0. The van der Waals surface area contributed by atoms with Crippen molar-refractivity contribution in [3.05, 3.63) is 65.2 Å². The second kappa shape index (κ2) is 10.6. The average Bonchev–Trinajstić information content (AvgIpc) is 2.70. The number of nitrogens with one attached hydrogen (secondary N) is 1. The molecule has 156 valence electrons. The Balaban J connectivity index is 1.71. The van der Waals surface area contributed by atoms with Gasteiger partial charge in [0.2, 0.25) is 0 Å². The van der Waals surface area contributed by atoms with Crippen LogP contribution < -0.4 is 10.1 Å². The van der Waals surface area contributed by atoms with Gasteiger partial charge >= 0.3 is 6.18 Å². The third-order valence-electron chi connectivity index (χ3n) is 3.91. The fourth-order valence-corrected chi connectivity index (χ4v) is 2.38. The normalized spacial score (nSPS) is 11.2. The SMILES string of the molecule is CCC(=O)c1ccc(OCC(=O)NCc2ccc(COCC(F)(F)F)cc2)cc1. The Morgan fingerprint density at radius 1 is 0.966 bits per heavy atom. The highest BCUT2D eigenvalue weighted by molar-refractivity contribution is 5.95. The smallest absolute Gasteiger partial charge is 0.411 e. The molecule has 0 atom stereocenters. The number of hydrogen-bond donors (Lipinski definition) is 1. The summed E-state index contributed by atoms with van der Waals surface area (Å²) >= 11 is 0. The Morgan fingerprint density at radius 3 is 2.17 bits per heavy atom. The van der Waals surface area contributed by atoms with Crippen LogP contribution in [0.2, 0.25) is 0 Å². The minimum Gasteiger partial charge on any atom is -0.484 e. The number of carbonyl (C=O) groups excluding carboxylic acids is 2. The summed E-state index contributed by atoms with van der Waals surface area (Å²) in [7, 11) is 0. The summed E-state index contributed by atoms with van der Waals surface area (Å²) in [6, 6.07) is 13.3. The fraction of sp³-hybridized carbons (Fsp3) is 0.333. The van der Waals surface area contributed by atoms with Gasteiger partial charge in [-0.25, -0.2) is 0 Å². The van der Waals surface area contributed by atoms with Gasteiger partial charge < -0.3 is 14.8 Å². The Hall–Kier alpha value is -2.87. The van der Waals surface area contributed by atoms with E-state index >= 15 is 0 Å². The van der Waals surface area contributed by atoms with E-state index in [9.17, 15) is 22.8 Å². The van der Waals surface area contributed by atoms with E-state index < -0.39 is 12.8 Å². The monoisotopic (exact) mass is 409 g/mol. The van der Waals surface area contributed by atoms with Crippen molar-refractivity contribution >= 4 is 11.7 Å². The van der Waals surface area contributed by atoms with E-state index in [1.807, 2.05) is 0 Å². The van der Waals surface area contributed by atoms with Crippen molar-refractivity contribution < 1.29 is 32.2 Å². The highest BCUT2D eigenvalue weighted by Crippen LogP contribution is 2.16. The number of benzene rings is 2. The lowest BCUT2D eigenvalue weighted by Crippen LogP contribution is -2.28. The number of Topliss-reactive ketones (excluding diaryl/α,β-unsaturated/α-hetero) is 1. The summed E-state index contributed by atoms with van der Waals surface area (Å²) in [5.74, 6) is 0.194. The molecule has 2 aromatic carbocycles. The quantitative estimate of drug-likeness (QED) is 0.602. The van der Waals surface area contributed by atoms with Crippen molar-refractivity contribution in [2.45, 2.75) is 32.7 Å². The van der Waals surface area contributed by atoms with Gasteiger partial charge in [0.15, 0.2) is 12.4 Å². The predicted octanol–water partition coefficient (Wildman–Crippen LogP) is 4.05. The summed E-state index contributed by atoms with van der Waals surface area (Å²) in [5, 5.41) is 2.69. The number of halogens is 3. The van der Waals surface area contributed by atoms with E-state index in [1.54, 1.807) is 55.5 Å². The van der Waals surface area contributed by atoms with Crippen LogP contribution in [0.5, 0.6) is 5.75 Å². The topological polar surface area (TPSA) is 64.6 Å². The van der Waals surface area contributed by atoms with Gasteiger partial charge in [0.25, 0.3) is 5.91 Å². The summed E-state index contributed by atoms with van der Waals surface area (Å²) in [6.45, 7) is 0.442. The molecular weight excluding hydrogens is 387 g/mol. The molecule has 0 aromatic heterocycles. The maximum Gasteiger partial charge on any atom is 0.411 e. The first-order chi connectivity index (χ1) is 13.8. The average molecular weight is 409 g/mol. The summed E-state index contributed by atoms with van der Waals surface area (Å²) in [5.41, 5.74) is 1.99. The minimum atomic E-state index is -4.35. The molecule has 1 amide bonds.